The SMILES string of the molecule is CC(C)Cn1c(CNC(=O)O)c(-c2ccccc2)c2cc(-c3cnco3)ccc2c1=O. The molecule has 0 aliphatic rings. The number of pyridine rings is 1. The Hall–Kier alpha value is -3.87. The Bertz CT molecular complexity index is 1280. The third-order valence-electron chi connectivity index (χ3n) is 5.11. The van der Waals surface area contributed by atoms with E-state index in [1.165, 1.54) is 6.39 Å². The molecule has 2 aromatic heterocycles. The van der Waals surface area contributed by atoms with Crippen molar-refractivity contribution in [2.24, 2.45) is 5.92 Å². The van der Waals surface area contributed by atoms with Crippen molar-refractivity contribution < 1.29 is 14.3 Å². The number of fused-ring (bicyclic) bond motifs is 1. The van der Waals surface area contributed by atoms with Gasteiger partial charge in [-0.25, -0.2) is 9.78 Å². The van der Waals surface area contributed by atoms with E-state index in [0.29, 0.717) is 23.4 Å². The van der Waals surface area contributed by atoms with Crippen LogP contribution in [-0.4, -0.2) is 20.8 Å². The minimum Gasteiger partial charge on any atom is -0.465 e. The van der Waals surface area contributed by atoms with Crippen LogP contribution in [-0.2, 0) is 13.1 Å². The monoisotopic (exact) mass is 417 g/mol. The van der Waals surface area contributed by atoms with Gasteiger partial charge in [0.1, 0.15) is 0 Å². The van der Waals surface area contributed by atoms with Gasteiger partial charge in [-0.1, -0.05) is 50.2 Å². The predicted molar refractivity (Wildman–Crippen MR) is 119 cm³/mol. The molecular weight excluding hydrogens is 394 g/mol. The number of rotatable bonds is 6. The molecule has 0 fully saturated rings. The van der Waals surface area contributed by atoms with E-state index in [1.54, 1.807) is 16.8 Å². The summed E-state index contributed by atoms with van der Waals surface area (Å²) in [5.41, 5.74) is 3.01. The Balaban J connectivity index is 2.09. The van der Waals surface area contributed by atoms with Crippen LogP contribution < -0.4 is 10.9 Å². The van der Waals surface area contributed by atoms with Gasteiger partial charge in [0.2, 0.25) is 0 Å². The first-order chi connectivity index (χ1) is 15.0. The molecule has 0 spiro atoms. The normalized spacial score (nSPS) is 11.2. The summed E-state index contributed by atoms with van der Waals surface area (Å²) in [5.74, 6) is 0.799. The molecule has 0 bridgehead atoms. The average molecular weight is 417 g/mol. The minimum atomic E-state index is -1.14. The summed E-state index contributed by atoms with van der Waals surface area (Å²) < 4.78 is 7.14. The van der Waals surface area contributed by atoms with E-state index in [2.05, 4.69) is 10.3 Å². The summed E-state index contributed by atoms with van der Waals surface area (Å²) in [6, 6.07) is 15.2. The Morgan fingerprint density at radius 2 is 1.90 bits per heavy atom. The lowest BCUT2D eigenvalue weighted by Crippen LogP contribution is -2.31. The van der Waals surface area contributed by atoms with Gasteiger partial charge < -0.3 is 19.4 Å². The number of aromatic nitrogens is 2. The molecule has 7 nitrogen and oxygen atoms in total. The molecule has 2 heterocycles. The highest BCUT2D eigenvalue weighted by molar-refractivity contribution is 5.99. The molecule has 158 valence electrons. The van der Waals surface area contributed by atoms with Gasteiger partial charge in [0.05, 0.1) is 12.7 Å². The quantitative estimate of drug-likeness (QED) is 0.472. The maximum Gasteiger partial charge on any atom is 0.404 e. The van der Waals surface area contributed by atoms with Crippen molar-refractivity contribution in [2.45, 2.75) is 26.9 Å². The average Bonchev–Trinajstić information content (AvgIpc) is 3.29. The van der Waals surface area contributed by atoms with Crippen molar-refractivity contribution in [2.75, 3.05) is 0 Å². The number of carbonyl (C=O) groups is 1. The lowest BCUT2D eigenvalue weighted by atomic mass is 9.94. The summed E-state index contributed by atoms with van der Waals surface area (Å²) in [6.07, 6.45) is 1.84. The lowest BCUT2D eigenvalue weighted by Gasteiger charge is -2.21. The zero-order valence-corrected chi connectivity index (χ0v) is 17.3. The van der Waals surface area contributed by atoms with E-state index < -0.39 is 6.09 Å². The van der Waals surface area contributed by atoms with Crippen molar-refractivity contribution in [3.63, 3.8) is 0 Å². The molecule has 0 aliphatic heterocycles. The van der Waals surface area contributed by atoms with Crippen LogP contribution in [0.15, 0.2) is 70.3 Å². The van der Waals surface area contributed by atoms with Crippen molar-refractivity contribution in [3.05, 3.63) is 77.2 Å². The molecule has 0 saturated carbocycles. The van der Waals surface area contributed by atoms with Crippen LogP contribution in [0.2, 0.25) is 0 Å². The molecule has 4 rings (SSSR count). The molecule has 0 saturated heterocycles. The zero-order chi connectivity index (χ0) is 22.0. The number of carboxylic acid groups (broad SMARTS) is 1. The molecule has 0 unspecified atom stereocenters. The van der Waals surface area contributed by atoms with E-state index >= 15 is 0 Å². The number of benzene rings is 2. The Morgan fingerprint density at radius 3 is 2.55 bits per heavy atom. The lowest BCUT2D eigenvalue weighted by molar-refractivity contribution is 0.193. The summed E-state index contributed by atoms with van der Waals surface area (Å²) >= 11 is 0. The van der Waals surface area contributed by atoms with E-state index in [4.69, 9.17) is 4.42 Å². The highest BCUT2D eigenvalue weighted by Crippen LogP contribution is 2.34. The summed E-state index contributed by atoms with van der Waals surface area (Å²) in [4.78, 5) is 28.7. The third-order valence-corrected chi connectivity index (χ3v) is 5.11. The number of oxazole rings is 1. The van der Waals surface area contributed by atoms with Gasteiger partial charge >= 0.3 is 6.09 Å². The van der Waals surface area contributed by atoms with Crippen LogP contribution in [0.4, 0.5) is 4.79 Å². The topological polar surface area (TPSA) is 97.4 Å². The first-order valence-corrected chi connectivity index (χ1v) is 10.1. The molecule has 31 heavy (non-hydrogen) atoms. The molecule has 2 N–H and O–H groups in total. The van der Waals surface area contributed by atoms with E-state index in [-0.39, 0.29) is 18.0 Å². The molecular formula is C24H23N3O4. The molecule has 2 aromatic carbocycles. The summed E-state index contributed by atoms with van der Waals surface area (Å²) in [7, 11) is 0. The predicted octanol–water partition coefficient (Wildman–Crippen LogP) is 4.75. The second kappa shape index (κ2) is 8.47. The fourth-order valence-electron chi connectivity index (χ4n) is 3.84. The van der Waals surface area contributed by atoms with Crippen molar-refractivity contribution in [1.29, 1.82) is 0 Å². The van der Waals surface area contributed by atoms with Gasteiger partial charge in [-0.3, -0.25) is 4.79 Å². The zero-order valence-electron chi connectivity index (χ0n) is 17.3. The number of hydrogen-bond acceptors (Lipinski definition) is 4. The largest absolute Gasteiger partial charge is 0.465 e. The maximum absolute atomic E-state index is 13.5. The maximum atomic E-state index is 13.5. The molecule has 0 atom stereocenters. The molecule has 1 amide bonds. The van der Waals surface area contributed by atoms with Crippen LogP contribution in [0.25, 0.3) is 33.2 Å². The second-order valence-corrected chi connectivity index (χ2v) is 7.78. The number of amides is 1. The van der Waals surface area contributed by atoms with E-state index in [1.807, 2.05) is 56.3 Å². The summed E-state index contributed by atoms with van der Waals surface area (Å²) in [6.45, 7) is 4.56. The molecule has 4 aromatic rings. The highest BCUT2D eigenvalue weighted by atomic mass is 16.4. The van der Waals surface area contributed by atoms with Gasteiger partial charge in [0, 0.05) is 28.8 Å². The molecule has 0 radical (unpaired) electrons. The fraction of sp³-hybridized carbons (Fsp3) is 0.208. The second-order valence-electron chi connectivity index (χ2n) is 7.78. The number of hydrogen-bond donors (Lipinski definition) is 2. The minimum absolute atomic E-state index is 0.0179. The molecule has 0 aliphatic carbocycles. The summed E-state index contributed by atoms with van der Waals surface area (Å²) in [5, 5.41) is 13.0. The third kappa shape index (κ3) is 4.07. The van der Waals surface area contributed by atoms with Crippen LogP contribution in [0, 0.1) is 5.92 Å². The van der Waals surface area contributed by atoms with Gasteiger partial charge in [-0.2, -0.15) is 0 Å². The van der Waals surface area contributed by atoms with Crippen molar-refractivity contribution in [3.8, 4) is 22.5 Å². The first kappa shape index (κ1) is 20.4. The van der Waals surface area contributed by atoms with Crippen molar-refractivity contribution >= 4 is 16.9 Å². The van der Waals surface area contributed by atoms with Crippen molar-refractivity contribution in [1.82, 2.24) is 14.9 Å². The van der Waals surface area contributed by atoms with Gasteiger partial charge in [-0.15, -0.1) is 0 Å². The standard InChI is InChI=1S/C24H23N3O4/c1-15(2)13-27-20(11-26-24(29)30)22(16-6-4-3-5-7-16)19-10-17(21-12-25-14-31-21)8-9-18(19)23(27)28/h3-10,12,14-15,26H,11,13H2,1-2H3,(H,29,30). The van der Waals surface area contributed by atoms with Gasteiger partial charge in [0.15, 0.2) is 12.2 Å². The van der Waals surface area contributed by atoms with Crippen LogP contribution in [0.1, 0.15) is 19.5 Å². The Kier molecular flexibility index (Phi) is 5.58. The molecule has 7 heteroatoms. The van der Waals surface area contributed by atoms with Gasteiger partial charge in [-0.05, 0) is 29.0 Å². The van der Waals surface area contributed by atoms with Gasteiger partial charge in [0.25, 0.3) is 5.56 Å². The number of nitrogens with one attached hydrogen (secondary N) is 1. The van der Waals surface area contributed by atoms with E-state index in [0.717, 1.165) is 22.1 Å². The highest BCUT2D eigenvalue weighted by Gasteiger charge is 2.20. The van der Waals surface area contributed by atoms with Crippen LogP contribution in [0.3, 0.4) is 0 Å². The van der Waals surface area contributed by atoms with Crippen LogP contribution in [0.5, 0.6) is 0 Å². The fourth-order valence-corrected chi connectivity index (χ4v) is 3.84. The number of nitrogens with zero attached hydrogens (tertiary/aromatic N) is 2. The Morgan fingerprint density at radius 1 is 1.13 bits per heavy atom. The van der Waals surface area contributed by atoms with E-state index in [9.17, 15) is 14.7 Å². The smallest absolute Gasteiger partial charge is 0.404 e. The first-order valence-electron chi connectivity index (χ1n) is 10.1. The van der Waals surface area contributed by atoms with Crippen LogP contribution >= 0.6 is 0 Å². The Labute approximate surface area is 179 Å².